The van der Waals surface area contributed by atoms with E-state index < -0.39 is 23.8 Å². The molecular formula is C20H27N5O4. The first-order valence-corrected chi connectivity index (χ1v) is 9.26. The average molecular weight is 401 g/mol. The second kappa shape index (κ2) is 9.72. The number of aryl methyl sites for hydroxylation is 2. The molecule has 0 saturated heterocycles. The van der Waals surface area contributed by atoms with Gasteiger partial charge in [0.25, 0.3) is 17.7 Å². The van der Waals surface area contributed by atoms with Crippen molar-refractivity contribution in [3.8, 4) is 5.75 Å². The lowest BCUT2D eigenvalue weighted by molar-refractivity contribution is -0.130. The number of aromatic nitrogens is 2. The molecule has 0 fully saturated rings. The normalized spacial score (nSPS) is 11.7. The van der Waals surface area contributed by atoms with Crippen molar-refractivity contribution in [3.63, 3.8) is 0 Å². The SMILES string of the molecule is COc1ccccc1C(=O)N[C@H](C(=O)NNC(=O)Cn1nc(C)cc1C)C(C)C. The number of benzene rings is 1. The number of carbonyl (C=O) groups is 3. The summed E-state index contributed by atoms with van der Waals surface area (Å²) in [6.07, 6.45) is 0. The van der Waals surface area contributed by atoms with Crippen molar-refractivity contribution in [2.75, 3.05) is 7.11 Å². The third kappa shape index (κ3) is 5.81. The van der Waals surface area contributed by atoms with Crippen LogP contribution in [-0.4, -0.2) is 40.7 Å². The maximum atomic E-state index is 12.6. The second-order valence-electron chi connectivity index (χ2n) is 7.02. The topological polar surface area (TPSA) is 114 Å². The van der Waals surface area contributed by atoms with E-state index in [0.717, 1.165) is 11.4 Å². The smallest absolute Gasteiger partial charge is 0.261 e. The van der Waals surface area contributed by atoms with Gasteiger partial charge in [-0.1, -0.05) is 26.0 Å². The van der Waals surface area contributed by atoms with Crippen LogP contribution in [0.4, 0.5) is 0 Å². The minimum atomic E-state index is -0.846. The van der Waals surface area contributed by atoms with Crippen LogP contribution in [0.25, 0.3) is 0 Å². The maximum absolute atomic E-state index is 12.6. The van der Waals surface area contributed by atoms with Crippen LogP contribution >= 0.6 is 0 Å². The van der Waals surface area contributed by atoms with Crippen LogP contribution in [0, 0.1) is 19.8 Å². The van der Waals surface area contributed by atoms with Crippen molar-refractivity contribution in [2.24, 2.45) is 5.92 Å². The Balaban J connectivity index is 1.97. The number of nitrogens with one attached hydrogen (secondary N) is 3. The Hall–Kier alpha value is -3.36. The Labute approximate surface area is 169 Å². The van der Waals surface area contributed by atoms with Gasteiger partial charge in [0.2, 0.25) is 0 Å². The zero-order valence-electron chi connectivity index (χ0n) is 17.3. The summed E-state index contributed by atoms with van der Waals surface area (Å²) in [6, 6.07) is 7.75. The molecule has 3 amide bonds. The van der Waals surface area contributed by atoms with Gasteiger partial charge in [0.15, 0.2) is 0 Å². The van der Waals surface area contributed by atoms with Crippen molar-refractivity contribution in [1.82, 2.24) is 25.9 Å². The van der Waals surface area contributed by atoms with Crippen LogP contribution in [0.5, 0.6) is 5.75 Å². The first kappa shape index (κ1) is 21.9. The van der Waals surface area contributed by atoms with Crippen LogP contribution in [0.15, 0.2) is 30.3 Å². The van der Waals surface area contributed by atoms with Gasteiger partial charge in [0, 0.05) is 5.69 Å². The van der Waals surface area contributed by atoms with Gasteiger partial charge in [0.05, 0.1) is 18.4 Å². The van der Waals surface area contributed by atoms with E-state index in [9.17, 15) is 14.4 Å². The fraction of sp³-hybridized carbons (Fsp3) is 0.400. The molecule has 1 aromatic carbocycles. The van der Waals surface area contributed by atoms with E-state index in [1.165, 1.54) is 7.11 Å². The maximum Gasteiger partial charge on any atom is 0.261 e. The van der Waals surface area contributed by atoms with Crippen LogP contribution in [0.1, 0.15) is 35.6 Å². The zero-order valence-corrected chi connectivity index (χ0v) is 17.3. The van der Waals surface area contributed by atoms with Gasteiger partial charge in [-0.2, -0.15) is 5.10 Å². The molecular weight excluding hydrogens is 374 g/mol. The number of methoxy groups -OCH3 is 1. The summed E-state index contributed by atoms with van der Waals surface area (Å²) in [5.74, 6) is -1.19. The summed E-state index contributed by atoms with van der Waals surface area (Å²) >= 11 is 0. The van der Waals surface area contributed by atoms with E-state index in [0.29, 0.717) is 11.3 Å². The molecule has 156 valence electrons. The Morgan fingerprint density at radius 2 is 1.83 bits per heavy atom. The molecule has 3 N–H and O–H groups in total. The molecule has 29 heavy (non-hydrogen) atoms. The molecule has 9 heteroatoms. The van der Waals surface area contributed by atoms with Crippen molar-refractivity contribution in [1.29, 1.82) is 0 Å². The van der Waals surface area contributed by atoms with Gasteiger partial charge in [-0.05, 0) is 38.0 Å². The van der Waals surface area contributed by atoms with E-state index in [1.54, 1.807) is 42.8 Å². The van der Waals surface area contributed by atoms with Gasteiger partial charge in [-0.15, -0.1) is 0 Å². The van der Waals surface area contributed by atoms with Gasteiger partial charge >= 0.3 is 0 Å². The number of amides is 3. The molecule has 0 unspecified atom stereocenters. The van der Waals surface area contributed by atoms with Gasteiger partial charge in [-0.25, -0.2) is 0 Å². The fourth-order valence-corrected chi connectivity index (χ4v) is 2.81. The number of hydrogen-bond acceptors (Lipinski definition) is 5. The largest absolute Gasteiger partial charge is 0.496 e. The molecule has 1 heterocycles. The van der Waals surface area contributed by atoms with Crippen molar-refractivity contribution in [2.45, 2.75) is 40.3 Å². The molecule has 2 aromatic rings. The molecule has 2 rings (SSSR count). The molecule has 0 spiro atoms. The van der Waals surface area contributed by atoms with E-state index in [1.807, 2.05) is 19.9 Å². The quantitative estimate of drug-likeness (QED) is 0.602. The molecule has 0 aliphatic rings. The molecule has 1 aromatic heterocycles. The third-order valence-corrected chi connectivity index (χ3v) is 4.31. The third-order valence-electron chi connectivity index (χ3n) is 4.31. The lowest BCUT2D eigenvalue weighted by Crippen LogP contribution is -2.54. The lowest BCUT2D eigenvalue weighted by Gasteiger charge is -2.22. The zero-order chi connectivity index (χ0) is 21.6. The standard InChI is InChI=1S/C20H27N5O4/c1-12(2)18(21-19(27)15-8-6-7-9-16(15)29-5)20(28)23-22-17(26)11-25-14(4)10-13(3)24-25/h6-10,12,18H,11H2,1-5H3,(H,21,27)(H,22,26)(H,23,28)/t18-/m0/s1. The Bertz CT molecular complexity index is 891. The highest BCUT2D eigenvalue weighted by Crippen LogP contribution is 2.17. The highest BCUT2D eigenvalue weighted by molar-refractivity contribution is 5.99. The molecule has 0 saturated carbocycles. The molecule has 0 aliphatic carbocycles. The number of hydrazine groups is 1. The number of nitrogens with zero attached hydrogens (tertiary/aromatic N) is 2. The molecule has 9 nitrogen and oxygen atoms in total. The Morgan fingerprint density at radius 3 is 2.41 bits per heavy atom. The number of rotatable bonds is 7. The number of carbonyl (C=O) groups excluding carboxylic acids is 3. The monoisotopic (exact) mass is 401 g/mol. The number of para-hydroxylation sites is 1. The lowest BCUT2D eigenvalue weighted by atomic mass is 10.0. The molecule has 0 aliphatic heterocycles. The summed E-state index contributed by atoms with van der Waals surface area (Å²) in [4.78, 5) is 37.2. The Morgan fingerprint density at radius 1 is 1.14 bits per heavy atom. The molecule has 0 bridgehead atoms. The van der Waals surface area contributed by atoms with E-state index in [2.05, 4.69) is 21.3 Å². The highest BCUT2D eigenvalue weighted by atomic mass is 16.5. The first-order valence-electron chi connectivity index (χ1n) is 9.26. The van der Waals surface area contributed by atoms with Crippen LogP contribution in [-0.2, 0) is 16.1 Å². The van der Waals surface area contributed by atoms with Crippen LogP contribution in [0.2, 0.25) is 0 Å². The van der Waals surface area contributed by atoms with Crippen LogP contribution < -0.4 is 20.9 Å². The summed E-state index contributed by atoms with van der Waals surface area (Å²) < 4.78 is 6.73. The Kier molecular flexibility index (Phi) is 7.35. The van der Waals surface area contributed by atoms with E-state index in [-0.39, 0.29) is 12.5 Å². The van der Waals surface area contributed by atoms with E-state index >= 15 is 0 Å². The minimum absolute atomic E-state index is 0.0279. The predicted molar refractivity (Wildman–Crippen MR) is 107 cm³/mol. The van der Waals surface area contributed by atoms with Crippen molar-refractivity contribution >= 4 is 17.7 Å². The van der Waals surface area contributed by atoms with Crippen molar-refractivity contribution in [3.05, 3.63) is 47.3 Å². The van der Waals surface area contributed by atoms with Gasteiger partial charge < -0.3 is 10.1 Å². The van der Waals surface area contributed by atoms with Gasteiger partial charge in [0.1, 0.15) is 18.3 Å². The molecule has 1 atom stereocenters. The highest BCUT2D eigenvalue weighted by Gasteiger charge is 2.26. The first-order chi connectivity index (χ1) is 13.7. The van der Waals surface area contributed by atoms with Crippen LogP contribution in [0.3, 0.4) is 0 Å². The average Bonchev–Trinajstić information content (AvgIpc) is 3.00. The summed E-state index contributed by atoms with van der Waals surface area (Å²) in [6.45, 7) is 7.24. The summed E-state index contributed by atoms with van der Waals surface area (Å²) in [7, 11) is 1.47. The fourth-order valence-electron chi connectivity index (χ4n) is 2.81. The van der Waals surface area contributed by atoms with Gasteiger partial charge in [-0.3, -0.25) is 29.9 Å². The summed E-state index contributed by atoms with van der Waals surface area (Å²) in [5.41, 5.74) is 6.70. The number of ether oxygens (including phenoxy) is 1. The van der Waals surface area contributed by atoms with Crippen molar-refractivity contribution < 1.29 is 19.1 Å². The number of hydrogen-bond donors (Lipinski definition) is 3. The minimum Gasteiger partial charge on any atom is -0.496 e. The summed E-state index contributed by atoms with van der Waals surface area (Å²) in [5, 5.41) is 6.90. The van der Waals surface area contributed by atoms with E-state index in [4.69, 9.17) is 4.74 Å². The second-order valence-corrected chi connectivity index (χ2v) is 7.02. The predicted octanol–water partition coefficient (Wildman–Crippen LogP) is 1.11. The molecule has 0 radical (unpaired) electrons.